The summed E-state index contributed by atoms with van der Waals surface area (Å²) in [7, 11) is 1.78. The number of hydrogen-bond donors (Lipinski definition) is 4. The monoisotopic (exact) mass is 690 g/mol. The Balaban J connectivity index is 0.000000404. The van der Waals surface area contributed by atoms with Crippen molar-refractivity contribution in [2.24, 2.45) is 0 Å². The normalized spacial score (nSPS) is 14.3. The Hall–Kier alpha value is -5.47. The summed E-state index contributed by atoms with van der Waals surface area (Å²) in [5.74, 6) is -5.39. The van der Waals surface area contributed by atoms with Crippen molar-refractivity contribution in [3.63, 3.8) is 0 Å². The number of nitrogens with zero attached hydrogens (tertiary/aromatic N) is 4. The van der Waals surface area contributed by atoms with Crippen molar-refractivity contribution in [1.82, 2.24) is 19.4 Å². The molecule has 0 atom stereocenters. The Morgan fingerprint density at radius 1 is 0.740 bits per heavy atom. The number of benzene rings is 2. The molecule has 0 bridgehead atoms. The number of fused-ring (bicyclic) bond motifs is 1. The molecule has 0 amide bonds. The topological polar surface area (TPSA) is 192 Å². The van der Waals surface area contributed by atoms with Gasteiger partial charge >= 0.3 is 23.9 Å². The molecule has 266 valence electrons. The largest absolute Gasteiger partial charge is 0.496 e. The molecule has 4 aromatic rings. The van der Waals surface area contributed by atoms with E-state index < -0.39 is 23.9 Å². The standard InChI is InChI=1S/C32H38N4O2.2C2H2O4/c1-37-32-20-25(6-7-27(32)24-35-16-4-5-17-35)23-36-30-12-13-33-22-28(30)21-31(36)26-8-10-29(11-9-26)38-19-18-34-14-2-3-15-34;2*3-1(4)2(5)6/h6-13,20-22H,2-5,14-19,23-24H2,1H3;2*(H,3,4)(H,5,6). The molecule has 0 spiro atoms. The molecule has 14 nitrogen and oxygen atoms in total. The average Bonchev–Trinajstić information content (AvgIpc) is 3.89. The van der Waals surface area contributed by atoms with Crippen LogP contribution in [0.15, 0.2) is 67.0 Å². The van der Waals surface area contributed by atoms with Crippen molar-refractivity contribution in [2.75, 3.05) is 46.4 Å². The number of hydrogen-bond acceptors (Lipinski definition) is 9. The molecular formula is C36H42N4O10. The van der Waals surface area contributed by atoms with Crippen LogP contribution < -0.4 is 9.47 Å². The SMILES string of the molecule is COc1cc(Cn2c(-c3ccc(OCCN4CCCC4)cc3)cc3cnccc32)ccc1CN1CCCC1.O=C(O)C(=O)O.O=C(O)C(=O)O. The van der Waals surface area contributed by atoms with Gasteiger partial charge in [0.15, 0.2) is 0 Å². The molecule has 2 aliphatic heterocycles. The first kappa shape index (κ1) is 37.4. The number of aromatic nitrogens is 2. The van der Waals surface area contributed by atoms with Crippen molar-refractivity contribution in [3.8, 4) is 22.8 Å². The molecule has 0 unspecified atom stereocenters. The predicted molar refractivity (Wildman–Crippen MR) is 183 cm³/mol. The zero-order valence-electron chi connectivity index (χ0n) is 27.9. The van der Waals surface area contributed by atoms with Crippen molar-refractivity contribution in [1.29, 1.82) is 0 Å². The highest BCUT2D eigenvalue weighted by Gasteiger charge is 2.17. The zero-order chi connectivity index (χ0) is 36.0. The molecule has 0 aliphatic carbocycles. The molecule has 0 radical (unpaired) electrons. The second-order valence-corrected chi connectivity index (χ2v) is 11.8. The minimum absolute atomic E-state index is 0.737. The molecular weight excluding hydrogens is 648 g/mol. The third-order valence-corrected chi connectivity index (χ3v) is 8.38. The number of methoxy groups -OCH3 is 1. The summed E-state index contributed by atoms with van der Waals surface area (Å²) in [6, 6.07) is 19.6. The summed E-state index contributed by atoms with van der Waals surface area (Å²) in [5.41, 5.74) is 6.02. The Kier molecular flexibility index (Phi) is 13.7. The van der Waals surface area contributed by atoms with E-state index in [2.05, 4.69) is 73.9 Å². The molecule has 2 saturated heterocycles. The van der Waals surface area contributed by atoms with E-state index >= 15 is 0 Å². The van der Waals surface area contributed by atoms with Crippen LogP contribution in [0.3, 0.4) is 0 Å². The van der Waals surface area contributed by atoms with Crippen LogP contribution in [0.2, 0.25) is 0 Å². The number of likely N-dealkylation sites (tertiary alicyclic amines) is 2. The average molecular weight is 691 g/mol. The van der Waals surface area contributed by atoms with Crippen LogP contribution in [0.5, 0.6) is 11.5 Å². The van der Waals surface area contributed by atoms with Crippen molar-refractivity contribution in [2.45, 2.75) is 38.8 Å². The second kappa shape index (κ2) is 18.3. The summed E-state index contributed by atoms with van der Waals surface area (Å²) in [6.07, 6.45) is 9.04. The third-order valence-electron chi connectivity index (χ3n) is 8.38. The van der Waals surface area contributed by atoms with E-state index in [-0.39, 0.29) is 0 Å². The highest BCUT2D eigenvalue weighted by molar-refractivity contribution is 6.27. The maximum atomic E-state index is 9.10. The van der Waals surface area contributed by atoms with Gasteiger partial charge in [0.05, 0.1) is 12.6 Å². The smallest absolute Gasteiger partial charge is 0.414 e. The van der Waals surface area contributed by atoms with E-state index in [9.17, 15) is 0 Å². The first-order valence-electron chi connectivity index (χ1n) is 16.2. The van der Waals surface area contributed by atoms with Gasteiger partial charge in [-0.1, -0.05) is 12.1 Å². The van der Waals surface area contributed by atoms with Crippen molar-refractivity contribution in [3.05, 3.63) is 78.1 Å². The molecule has 4 N–H and O–H groups in total. The van der Waals surface area contributed by atoms with Gasteiger partial charge in [-0.2, -0.15) is 0 Å². The third kappa shape index (κ3) is 10.8. The minimum atomic E-state index is -1.82. The van der Waals surface area contributed by atoms with Crippen LogP contribution in [0.4, 0.5) is 0 Å². The molecule has 50 heavy (non-hydrogen) atoms. The van der Waals surface area contributed by atoms with Gasteiger partial charge in [0.1, 0.15) is 18.1 Å². The summed E-state index contributed by atoms with van der Waals surface area (Å²) >= 11 is 0. The summed E-state index contributed by atoms with van der Waals surface area (Å²) < 4.78 is 14.3. The summed E-state index contributed by atoms with van der Waals surface area (Å²) in [4.78, 5) is 45.8. The van der Waals surface area contributed by atoms with Gasteiger partial charge in [0.2, 0.25) is 0 Å². The van der Waals surface area contributed by atoms with Crippen LogP contribution in [0.1, 0.15) is 36.8 Å². The number of carboxylic acid groups (broad SMARTS) is 4. The van der Waals surface area contributed by atoms with E-state index in [0.29, 0.717) is 0 Å². The van der Waals surface area contributed by atoms with Crippen molar-refractivity contribution >= 4 is 34.8 Å². The van der Waals surface area contributed by atoms with Gasteiger partial charge < -0.3 is 34.5 Å². The number of pyridine rings is 1. The molecule has 14 heteroatoms. The van der Waals surface area contributed by atoms with Crippen molar-refractivity contribution < 1.29 is 49.1 Å². The number of carbonyl (C=O) groups is 4. The van der Waals surface area contributed by atoms with E-state index in [4.69, 9.17) is 49.1 Å². The zero-order valence-corrected chi connectivity index (χ0v) is 27.9. The fourth-order valence-electron chi connectivity index (χ4n) is 5.92. The molecule has 4 heterocycles. The fourth-order valence-corrected chi connectivity index (χ4v) is 5.92. The summed E-state index contributed by atoms with van der Waals surface area (Å²) in [6.45, 7) is 8.23. The van der Waals surface area contributed by atoms with Gasteiger partial charge in [-0.15, -0.1) is 0 Å². The number of aliphatic carboxylic acids is 4. The van der Waals surface area contributed by atoms with E-state index in [1.54, 1.807) is 7.11 Å². The van der Waals surface area contributed by atoms with Crippen LogP contribution in [0.25, 0.3) is 22.2 Å². The maximum absolute atomic E-state index is 9.10. The Morgan fingerprint density at radius 2 is 1.34 bits per heavy atom. The minimum Gasteiger partial charge on any atom is -0.496 e. The maximum Gasteiger partial charge on any atom is 0.414 e. The van der Waals surface area contributed by atoms with Gasteiger partial charge in [-0.3, -0.25) is 14.8 Å². The van der Waals surface area contributed by atoms with Gasteiger partial charge in [-0.25, -0.2) is 19.2 Å². The van der Waals surface area contributed by atoms with Gasteiger partial charge in [0, 0.05) is 48.7 Å². The number of carboxylic acids is 4. The quantitative estimate of drug-likeness (QED) is 0.174. The lowest BCUT2D eigenvalue weighted by Crippen LogP contribution is -2.25. The molecule has 6 rings (SSSR count). The molecule has 2 fully saturated rings. The van der Waals surface area contributed by atoms with Crippen LogP contribution in [0, 0.1) is 0 Å². The lowest BCUT2D eigenvalue weighted by molar-refractivity contribution is -0.159. The first-order chi connectivity index (χ1) is 24.0. The fraction of sp³-hybridized carbons (Fsp3) is 0.361. The van der Waals surface area contributed by atoms with Crippen LogP contribution >= 0.6 is 0 Å². The van der Waals surface area contributed by atoms with E-state index in [1.807, 2.05) is 12.4 Å². The Labute approximate surface area is 289 Å². The van der Waals surface area contributed by atoms with Crippen LogP contribution in [-0.4, -0.2) is 110 Å². The number of ether oxygens (including phenoxy) is 2. The lowest BCUT2D eigenvalue weighted by Gasteiger charge is -2.18. The number of rotatable bonds is 10. The second-order valence-electron chi connectivity index (χ2n) is 11.8. The Bertz CT molecular complexity index is 1710. The summed E-state index contributed by atoms with van der Waals surface area (Å²) in [5, 5.41) is 30.7. The van der Waals surface area contributed by atoms with Gasteiger partial charge in [0.25, 0.3) is 0 Å². The highest BCUT2D eigenvalue weighted by Crippen LogP contribution is 2.31. The van der Waals surface area contributed by atoms with Crippen LogP contribution in [-0.2, 0) is 32.3 Å². The molecule has 2 aromatic heterocycles. The first-order valence-corrected chi connectivity index (χ1v) is 16.2. The predicted octanol–water partition coefficient (Wildman–Crippen LogP) is 4.14. The highest BCUT2D eigenvalue weighted by atomic mass is 16.5. The molecule has 2 aliphatic rings. The van der Waals surface area contributed by atoms with Gasteiger partial charge in [-0.05, 0) is 105 Å². The Morgan fingerprint density at radius 3 is 1.92 bits per heavy atom. The molecule has 0 saturated carbocycles. The van der Waals surface area contributed by atoms with E-state index in [0.717, 1.165) is 43.1 Å². The molecule has 2 aromatic carbocycles. The van der Waals surface area contributed by atoms with E-state index in [1.165, 1.54) is 79.8 Å². The lowest BCUT2D eigenvalue weighted by atomic mass is 10.1.